The van der Waals surface area contributed by atoms with Gasteiger partial charge in [0.05, 0.1) is 17.4 Å². The summed E-state index contributed by atoms with van der Waals surface area (Å²) in [4.78, 5) is 18.7. The van der Waals surface area contributed by atoms with Crippen LogP contribution in [0.4, 0.5) is 5.69 Å². The van der Waals surface area contributed by atoms with E-state index in [0.29, 0.717) is 18.0 Å². The molecule has 4 heteroatoms. The summed E-state index contributed by atoms with van der Waals surface area (Å²) in [6.07, 6.45) is 3.43. The Hall–Kier alpha value is -2.36. The number of nitrogens with one attached hydrogen (secondary N) is 1. The van der Waals surface area contributed by atoms with Crippen molar-refractivity contribution in [2.24, 2.45) is 5.92 Å². The van der Waals surface area contributed by atoms with Gasteiger partial charge in [0.15, 0.2) is 0 Å². The first-order valence-electron chi connectivity index (χ1n) is 8.12. The lowest BCUT2D eigenvalue weighted by Gasteiger charge is -2.23. The third kappa shape index (κ3) is 5.09. The van der Waals surface area contributed by atoms with Crippen molar-refractivity contribution in [2.75, 3.05) is 18.0 Å². The lowest BCUT2D eigenvalue weighted by molar-refractivity contribution is 0.0948. The number of anilines is 1. The highest BCUT2D eigenvalue weighted by Gasteiger charge is 2.11. The lowest BCUT2D eigenvalue weighted by Crippen LogP contribution is -2.28. The molecule has 0 atom stereocenters. The zero-order valence-corrected chi connectivity index (χ0v) is 14.1. The molecule has 1 N–H and O–H groups in total. The summed E-state index contributed by atoms with van der Waals surface area (Å²) >= 11 is 0. The highest BCUT2D eigenvalue weighted by atomic mass is 16.1. The van der Waals surface area contributed by atoms with Crippen molar-refractivity contribution in [2.45, 2.75) is 27.3 Å². The molecule has 1 aromatic heterocycles. The van der Waals surface area contributed by atoms with Crippen molar-refractivity contribution < 1.29 is 4.79 Å². The molecule has 0 radical (unpaired) electrons. The van der Waals surface area contributed by atoms with E-state index in [2.05, 4.69) is 48.1 Å². The molecule has 2 aromatic rings. The maximum absolute atomic E-state index is 12.2. The quantitative estimate of drug-likeness (QED) is 0.851. The van der Waals surface area contributed by atoms with Crippen molar-refractivity contribution in [3.8, 4) is 0 Å². The standard InChI is InChI=1S/C19H25N3O/c1-4-22(14-16-8-6-5-7-9-16)18-10-17(12-20-13-18)19(23)21-11-15(2)3/h5-10,12-13,15H,4,11,14H2,1-3H3,(H,21,23). The first kappa shape index (κ1) is 17.0. The normalized spacial score (nSPS) is 10.6. The summed E-state index contributed by atoms with van der Waals surface area (Å²) in [5, 5.41) is 2.93. The van der Waals surface area contributed by atoms with E-state index in [9.17, 15) is 4.79 Å². The van der Waals surface area contributed by atoms with Gasteiger partial charge in [0.25, 0.3) is 5.91 Å². The predicted octanol–water partition coefficient (Wildman–Crippen LogP) is 3.49. The van der Waals surface area contributed by atoms with Gasteiger partial charge in [-0.05, 0) is 24.5 Å². The Labute approximate surface area is 138 Å². The van der Waals surface area contributed by atoms with Crippen LogP contribution < -0.4 is 10.2 Å². The number of benzene rings is 1. The van der Waals surface area contributed by atoms with Gasteiger partial charge in [-0.2, -0.15) is 0 Å². The number of amides is 1. The summed E-state index contributed by atoms with van der Waals surface area (Å²) in [5.41, 5.74) is 2.81. The molecule has 0 fully saturated rings. The summed E-state index contributed by atoms with van der Waals surface area (Å²) in [6, 6.07) is 12.2. The van der Waals surface area contributed by atoms with E-state index in [1.165, 1.54) is 5.56 Å². The summed E-state index contributed by atoms with van der Waals surface area (Å²) < 4.78 is 0. The fraction of sp³-hybridized carbons (Fsp3) is 0.368. The van der Waals surface area contributed by atoms with Crippen molar-refractivity contribution in [1.82, 2.24) is 10.3 Å². The number of rotatable bonds is 7. The molecule has 0 saturated carbocycles. The van der Waals surface area contributed by atoms with Crippen LogP contribution in [0, 0.1) is 5.92 Å². The molecule has 122 valence electrons. The number of hydrogen-bond acceptors (Lipinski definition) is 3. The largest absolute Gasteiger partial charge is 0.366 e. The van der Waals surface area contributed by atoms with E-state index < -0.39 is 0 Å². The minimum absolute atomic E-state index is 0.0659. The highest BCUT2D eigenvalue weighted by Crippen LogP contribution is 2.17. The molecule has 23 heavy (non-hydrogen) atoms. The first-order chi connectivity index (χ1) is 11.1. The van der Waals surface area contributed by atoms with Gasteiger partial charge in [-0.3, -0.25) is 9.78 Å². The molecule has 0 aliphatic rings. The molecule has 0 saturated heterocycles. The third-order valence-electron chi connectivity index (χ3n) is 3.62. The minimum Gasteiger partial charge on any atom is -0.366 e. The Bertz CT molecular complexity index is 626. The first-order valence-corrected chi connectivity index (χ1v) is 8.12. The maximum atomic E-state index is 12.2. The fourth-order valence-electron chi connectivity index (χ4n) is 2.31. The molecule has 4 nitrogen and oxygen atoms in total. The van der Waals surface area contributed by atoms with E-state index in [-0.39, 0.29) is 5.91 Å². The number of aromatic nitrogens is 1. The van der Waals surface area contributed by atoms with Crippen LogP contribution in [0.15, 0.2) is 48.8 Å². The molecule has 1 heterocycles. The molecular weight excluding hydrogens is 286 g/mol. The average Bonchev–Trinajstić information content (AvgIpc) is 2.58. The van der Waals surface area contributed by atoms with Crippen LogP contribution in [-0.2, 0) is 6.54 Å². The van der Waals surface area contributed by atoms with Gasteiger partial charge in [0.2, 0.25) is 0 Å². The zero-order valence-electron chi connectivity index (χ0n) is 14.1. The Kier molecular flexibility index (Phi) is 6.15. The summed E-state index contributed by atoms with van der Waals surface area (Å²) in [7, 11) is 0. The topological polar surface area (TPSA) is 45.2 Å². The lowest BCUT2D eigenvalue weighted by atomic mass is 10.2. The van der Waals surface area contributed by atoms with E-state index in [1.807, 2.05) is 30.5 Å². The van der Waals surface area contributed by atoms with Crippen LogP contribution in [0.25, 0.3) is 0 Å². The number of hydrogen-bond donors (Lipinski definition) is 1. The van der Waals surface area contributed by atoms with Crippen LogP contribution in [0.3, 0.4) is 0 Å². The van der Waals surface area contributed by atoms with E-state index in [0.717, 1.165) is 18.8 Å². The van der Waals surface area contributed by atoms with Crippen LogP contribution in [0.1, 0.15) is 36.7 Å². The second-order valence-electron chi connectivity index (χ2n) is 6.04. The molecular formula is C19H25N3O. The minimum atomic E-state index is -0.0659. The monoisotopic (exact) mass is 311 g/mol. The highest BCUT2D eigenvalue weighted by molar-refractivity contribution is 5.94. The van der Waals surface area contributed by atoms with Gasteiger partial charge in [0.1, 0.15) is 0 Å². The molecule has 0 aliphatic heterocycles. The van der Waals surface area contributed by atoms with Gasteiger partial charge in [-0.25, -0.2) is 0 Å². The molecule has 0 spiro atoms. The number of carbonyl (C=O) groups excluding carboxylic acids is 1. The Balaban J connectivity index is 2.11. The maximum Gasteiger partial charge on any atom is 0.252 e. The Morgan fingerprint density at radius 2 is 1.96 bits per heavy atom. The molecule has 1 aromatic carbocycles. The second kappa shape index (κ2) is 8.32. The molecule has 0 unspecified atom stereocenters. The van der Waals surface area contributed by atoms with E-state index in [1.54, 1.807) is 6.20 Å². The van der Waals surface area contributed by atoms with Crippen LogP contribution in [-0.4, -0.2) is 24.0 Å². The van der Waals surface area contributed by atoms with Crippen molar-refractivity contribution in [1.29, 1.82) is 0 Å². The predicted molar refractivity (Wildman–Crippen MR) is 94.6 cm³/mol. The average molecular weight is 311 g/mol. The van der Waals surface area contributed by atoms with Crippen molar-refractivity contribution >= 4 is 11.6 Å². The molecule has 0 aliphatic carbocycles. The number of carbonyl (C=O) groups is 1. The fourth-order valence-corrected chi connectivity index (χ4v) is 2.31. The van der Waals surface area contributed by atoms with Crippen molar-refractivity contribution in [3.05, 3.63) is 59.9 Å². The third-order valence-corrected chi connectivity index (χ3v) is 3.62. The van der Waals surface area contributed by atoms with Gasteiger partial charge < -0.3 is 10.2 Å². The van der Waals surface area contributed by atoms with Crippen LogP contribution in [0.5, 0.6) is 0 Å². The smallest absolute Gasteiger partial charge is 0.252 e. The Morgan fingerprint density at radius 1 is 1.22 bits per heavy atom. The van der Waals surface area contributed by atoms with Gasteiger partial charge >= 0.3 is 0 Å². The molecule has 0 bridgehead atoms. The molecule has 2 rings (SSSR count). The second-order valence-corrected chi connectivity index (χ2v) is 6.04. The SMILES string of the molecule is CCN(Cc1ccccc1)c1cncc(C(=O)NCC(C)C)c1. The zero-order chi connectivity index (χ0) is 16.7. The van der Waals surface area contributed by atoms with Crippen molar-refractivity contribution in [3.63, 3.8) is 0 Å². The molecule has 1 amide bonds. The summed E-state index contributed by atoms with van der Waals surface area (Å²) in [5.74, 6) is 0.365. The van der Waals surface area contributed by atoms with Crippen LogP contribution in [0.2, 0.25) is 0 Å². The van der Waals surface area contributed by atoms with E-state index in [4.69, 9.17) is 0 Å². The van der Waals surface area contributed by atoms with Gasteiger partial charge in [-0.15, -0.1) is 0 Å². The van der Waals surface area contributed by atoms with E-state index >= 15 is 0 Å². The van der Waals surface area contributed by atoms with Gasteiger partial charge in [-0.1, -0.05) is 44.2 Å². The number of pyridine rings is 1. The Morgan fingerprint density at radius 3 is 2.61 bits per heavy atom. The summed E-state index contributed by atoms with van der Waals surface area (Å²) in [6.45, 7) is 8.59. The van der Waals surface area contributed by atoms with Crippen LogP contribution >= 0.6 is 0 Å². The number of nitrogens with zero attached hydrogens (tertiary/aromatic N) is 2. The van der Waals surface area contributed by atoms with Gasteiger partial charge in [0, 0.05) is 25.8 Å².